The number of hydrogen-bond donors (Lipinski definition) is 3. The molecule has 3 N–H and O–H groups in total. The molecule has 1 aromatic carbocycles. The first-order chi connectivity index (χ1) is 17.4. The smallest absolute Gasteiger partial charge is 0.270 e. The average molecular weight is 493 g/mol. The SMILES string of the molecule is COc1cc(OC)cc(C(C)NC(=O)c2cc(CNC3=NCCN3)cc(-c3ccc(F)nc3C)n2)c1. The lowest BCUT2D eigenvalue weighted by Crippen LogP contribution is -2.33. The van der Waals surface area contributed by atoms with E-state index in [2.05, 4.69) is 30.9 Å². The number of halogens is 1. The van der Waals surface area contributed by atoms with E-state index < -0.39 is 5.95 Å². The summed E-state index contributed by atoms with van der Waals surface area (Å²) < 4.78 is 24.3. The lowest BCUT2D eigenvalue weighted by atomic mass is 10.1. The highest BCUT2D eigenvalue weighted by Gasteiger charge is 2.18. The lowest BCUT2D eigenvalue weighted by Gasteiger charge is -2.17. The number of carbonyl (C=O) groups excluding carboxylic acids is 1. The molecule has 9 nitrogen and oxygen atoms in total. The zero-order valence-electron chi connectivity index (χ0n) is 20.7. The second kappa shape index (κ2) is 11.0. The predicted molar refractivity (Wildman–Crippen MR) is 135 cm³/mol. The van der Waals surface area contributed by atoms with Crippen LogP contribution in [0.4, 0.5) is 4.39 Å². The summed E-state index contributed by atoms with van der Waals surface area (Å²) >= 11 is 0. The molecule has 0 aliphatic carbocycles. The summed E-state index contributed by atoms with van der Waals surface area (Å²) in [5.74, 6) is 1.04. The van der Waals surface area contributed by atoms with Crippen molar-refractivity contribution in [3.8, 4) is 22.8 Å². The van der Waals surface area contributed by atoms with Crippen LogP contribution < -0.4 is 25.4 Å². The molecule has 1 amide bonds. The van der Waals surface area contributed by atoms with Gasteiger partial charge in [0.2, 0.25) is 5.95 Å². The highest BCUT2D eigenvalue weighted by Crippen LogP contribution is 2.27. The number of aliphatic imine (C=N–C) groups is 1. The number of aromatic nitrogens is 2. The number of rotatable bonds is 8. The normalized spacial score (nSPS) is 13.4. The topological polar surface area (TPSA) is 110 Å². The molecule has 4 rings (SSSR count). The minimum atomic E-state index is -0.570. The zero-order valence-corrected chi connectivity index (χ0v) is 20.7. The van der Waals surface area contributed by atoms with E-state index in [1.54, 1.807) is 39.3 Å². The third-order valence-electron chi connectivity index (χ3n) is 5.80. The van der Waals surface area contributed by atoms with Crippen molar-refractivity contribution >= 4 is 11.9 Å². The molecule has 1 aliphatic heterocycles. The van der Waals surface area contributed by atoms with Crippen LogP contribution >= 0.6 is 0 Å². The predicted octanol–water partition coefficient (Wildman–Crippen LogP) is 3.15. The maximum absolute atomic E-state index is 13.6. The second-order valence-corrected chi connectivity index (χ2v) is 8.36. The van der Waals surface area contributed by atoms with Gasteiger partial charge in [0.05, 0.1) is 32.5 Å². The summed E-state index contributed by atoms with van der Waals surface area (Å²) in [6.45, 7) is 5.50. The number of nitrogens with one attached hydrogen (secondary N) is 3. The Bertz CT molecular complexity index is 1270. The van der Waals surface area contributed by atoms with E-state index >= 15 is 0 Å². The van der Waals surface area contributed by atoms with Crippen LogP contribution in [0.3, 0.4) is 0 Å². The van der Waals surface area contributed by atoms with Gasteiger partial charge in [0, 0.05) is 30.4 Å². The van der Waals surface area contributed by atoms with E-state index in [0.29, 0.717) is 47.5 Å². The molecule has 1 atom stereocenters. The van der Waals surface area contributed by atoms with Gasteiger partial charge in [0.15, 0.2) is 5.96 Å². The Labute approximate surface area is 209 Å². The van der Waals surface area contributed by atoms with Gasteiger partial charge in [-0.05, 0) is 61.4 Å². The van der Waals surface area contributed by atoms with Gasteiger partial charge in [-0.2, -0.15) is 4.39 Å². The van der Waals surface area contributed by atoms with Crippen LogP contribution in [0.2, 0.25) is 0 Å². The first-order valence-electron chi connectivity index (χ1n) is 11.6. The maximum Gasteiger partial charge on any atom is 0.270 e. The van der Waals surface area contributed by atoms with Gasteiger partial charge in [-0.15, -0.1) is 0 Å². The second-order valence-electron chi connectivity index (χ2n) is 8.36. The lowest BCUT2D eigenvalue weighted by molar-refractivity contribution is 0.0934. The van der Waals surface area contributed by atoms with Gasteiger partial charge in [0.25, 0.3) is 5.91 Å². The summed E-state index contributed by atoms with van der Waals surface area (Å²) in [5.41, 5.74) is 3.53. The van der Waals surface area contributed by atoms with Crippen molar-refractivity contribution in [2.45, 2.75) is 26.4 Å². The van der Waals surface area contributed by atoms with Crippen molar-refractivity contribution in [2.75, 3.05) is 27.3 Å². The van der Waals surface area contributed by atoms with Crippen molar-refractivity contribution in [1.29, 1.82) is 0 Å². The molecule has 3 heterocycles. The number of benzene rings is 1. The Morgan fingerprint density at radius 1 is 1.11 bits per heavy atom. The Hall–Kier alpha value is -4.21. The number of ether oxygens (including phenoxy) is 2. The number of pyridine rings is 2. The molecule has 0 radical (unpaired) electrons. The maximum atomic E-state index is 13.6. The van der Waals surface area contributed by atoms with Crippen LogP contribution in [-0.4, -0.2) is 49.1 Å². The fourth-order valence-electron chi connectivity index (χ4n) is 3.88. The van der Waals surface area contributed by atoms with E-state index in [-0.39, 0.29) is 17.6 Å². The summed E-state index contributed by atoms with van der Waals surface area (Å²) in [4.78, 5) is 26.1. The Morgan fingerprint density at radius 2 is 1.86 bits per heavy atom. The van der Waals surface area contributed by atoms with Gasteiger partial charge in [0.1, 0.15) is 17.2 Å². The van der Waals surface area contributed by atoms with Crippen LogP contribution in [0.5, 0.6) is 11.5 Å². The number of hydrogen-bond acceptors (Lipinski definition) is 8. The molecule has 0 saturated heterocycles. The molecule has 36 heavy (non-hydrogen) atoms. The van der Waals surface area contributed by atoms with Crippen LogP contribution in [0.1, 0.15) is 40.3 Å². The summed E-state index contributed by atoms with van der Waals surface area (Å²) in [5, 5.41) is 9.39. The third-order valence-corrected chi connectivity index (χ3v) is 5.80. The van der Waals surface area contributed by atoms with Gasteiger partial charge in [-0.1, -0.05) is 0 Å². The highest BCUT2D eigenvalue weighted by molar-refractivity contribution is 5.93. The molecule has 1 aliphatic rings. The number of carbonyl (C=O) groups is 1. The van der Waals surface area contributed by atoms with Gasteiger partial charge < -0.3 is 25.4 Å². The zero-order chi connectivity index (χ0) is 25.7. The number of nitrogens with zero attached hydrogens (tertiary/aromatic N) is 3. The monoisotopic (exact) mass is 492 g/mol. The van der Waals surface area contributed by atoms with E-state index in [4.69, 9.17) is 9.47 Å². The van der Waals surface area contributed by atoms with Crippen molar-refractivity contribution in [3.05, 3.63) is 70.9 Å². The first-order valence-corrected chi connectivity index (χ1v) is 11.6. The molecule has 0 bridgehead atoms. The Morgan fingerprint density at radius 3 is 2.50 bits per heavy atom. The van der Waals surface area contributed by atoms with Crippen molar-refractivity contribution in [1.82, 2.24) is 25.9 Å². The standard InChI is InChI=1S/C26H29FN6O3/c1-15(18-11-19(35-3)13-20(12-18)36-4)32-25(34)23-10-17(14-30-26-28-7-8-29-26)9-22(33-23)21-5-6-24(27)31-16(21)2/h5-6,9-13,15H,7-8,14H2,1-4H3,(H,32,34)(H2,28,29,30). The minimum absolute atomic E-state index is 0.232. The van der Waals surface area contributed by atoms with Crippen LogP contribution in [0, 0.1) is 12.9 Å². The van der Waals surface area contributed by atoms with E-state index in [9.17, 15) is 9.18 Å². The number of amides is 1. The Kier molecular flexibility index (Phi) is 7.62. The largest absolute Gasteiger partial charge is 0.497 e. The van der Waals surface area contributed by atoms with Crippen molar-refractivity contribution in [3.63, 3.8) is 0 Å². The minimum Gasteiger partial charge on any atom is -0.497 e. The van der Waals surface area contributed by atoms with Crippen LogP contribution in [0.15, 0.2) is 47.5 Å². The number of methoxy groups -OCH3 is 2. The van der Waals surface area contributed by atoms with Gasteiger partial charge in [-0.25, -0.2) is 9.97 Å². The Balaban J connectivity index is 1.63. The summed E-state index contributed by atoms with van der Waals surface area (Å²) in [7, 11) is 3.15. The molecule has 1 unspecified atom stereocenters. The van der Waals surface area contributed by atoms with E-state index in [1.807, 2.05) is 25.1 Å². The molecular weight excluding hydrogens is 463 g/mol. The van der Waals surface area contributed by atoms with Crippen LogP contribution in [0.25, 0.3) is 11.3 Å². The molecule has 3 aromatic rings. The molecule has 2 aromatic heterocycles. The fourth-order valence-corrected chi connectivity index (χ4v) is 3.88. The molecule has 10 heteroatoms. The molecule has 0 saturated carbocycles. The first kappa shape index (κ1) is 24.9. The van der Waals surface area contributed by atoms with Crippen LogP contribution in [-0.2, 0) is 6.54 Å². The molecule has 188 valence electrons. The van der Waals surface area contributed by atoms with Gasteiger partial charge in [-0.3, -0.25) is 9.79 Å². The number of aryl methyl sites for hydroxylation is 1. The average Bonchev–Trinajstić information content (AvgIpc) is 3.40. The quantitative estimate of drug-likeness (QED) is 0.415. The van der Waals surface area contributed by atoms with E-state index in [0.717, 1.165) is 17.7 Å². The summed E-state index contributed by atoms with van der Waals surface area (Å²) in [6.07, 6.45) is 0. The molecule has 0 fully saturated rings. The fraction of sp³-hybridized carbons (Fsp3) is 0.308. The number of guanidine groups is 1. The van der Waals surface area contributed by atoms with Crippen molar-refractivity contribution in [2.24, 2.45) is 4.99 Å². The molecular formula is C26H29FN6O3. The highest BCUT2D eigenvalue weighted by atomic mass is 19.1. The van der Waals surface area contributed by atoms with Crippen molar-refractivity contribution < 1.29 is 18.7 Å². The third kappa shape index (κ3) is 5.88. The van der Waals surface area contributed by atoms with E-state index in [1.165, 1.54) is 6.07 Å². The molecule has 0 spiro atoms. The van der Waals surface area contributed by atoms with Gasteiger partial charge >= 0.3 is 0 Å². The summed E-state index contributed by atoms with van der Waals surface area (Å²) in [6, 6.07) is 11.6.